The van der Waals surface area contributed by atoms with Crippen molar-refractivity contribution < 1.29 is 27.6 Å². The molecule has 13 nitrogen and oxygen atoms in total. The molecule has 1 aromatic rings. The highest BCUT2D eigenvalue weighted by molar-refractivity contribution is 7.90. The number of Topliss-reactive ketones (excluding diaryl/α,β-unsaturated/α-hetero) is 2. The van der Waals surface area contributed by atoms with Crippen LogP contribution in [0.1, 0.15) is 65.1 Å². The lowest BCUT2D eigenvalue weighted by Crippen LogP contribution is -2.42. The molecule has 0 aliphatic carbocycles. The number of nitrogens with two attached hydrogens (primary N) is 1. The number of hydrogen-bond donors (Lipinski definition) is 4. The lowest BCUT2D eigenvalue weighted by Gasteiger charge is -2.20. The van der Waals surface area contributed by atoms with E-state index in [9.17, 15) is 27.6 Å². The number of aromatic amines is 1. The van der Waals surface area contributed by atoms with E-state index >= 15 is 0 Å². The first-order valence-corrected chi connectivity index (χ1v) is 12.3. The number of aromatic nitrogens is 4. The van der Waals surface area contributed by atoms with Crippen molar-refractivity contribution >= 4 is 33.4 Å². The van der Waals surface area contributed by atoms with Crippen molar-refractivity contribution in [3.8, 4) is 0 Å². The van der Waals surface area contributed by atoms with Crippen LogP contribution < -0.4 is 15.8 Å². The summed E-state index contributed by atoms with van der Waals surface area (Å²) in [4.78, 5) is 47.4. The molecule has 186 valence electrons. The highest BCUT2D eigenvalue weighted by Gasteiger charge is 2.26. The van der Waals surface area contributed by atoms with Gasteiger partial charge in [-0.25, -0.2) is 8.42 Å². The number of ketones is 2. The summed E-state index contributed by atoms with van der Waals surface area (Å²) in [7, 11) is -3.88. The molecule has 2 amide bonds. The maximum atomic E-state index is 12.0. The van der Waals surface area contributed by atoms with E-state index in [0.717, 1.165) is 0 Å². The zero-order chi connectivity index (χ0) is 25.1. The summed E-state index contributed by atoms with van der Waals surface area (Å²) in [6.45, 7) is 5.04. The highest BCUT2D eigenvalue weighted by atomic mass is 32.2. The Labute approximate surface area is 193 Å². The molecule has 0 saturated heterocycles. The van der Waals surface area contributed by atoms with Gasteiger partial charge >= 0.3 is 0 Å². The zero-order valence-corrected chi connectivity index (χ0v) is 20.0. The van der Waals surface area contributed by atoms with Gasteiger partial charge in [-0.2, -0.15) is 5.21 Å². The van der Waals surface area contributed by atoms with Gasteiger partial charge in [0.05, 0.1) is 17.7 Å². The average molecular weight is 488 g/mol. The first kappa shape index (κ1) is 28.3. The summed E-state index contributed by atoms with van der Waals surface area (Å²) in [5.74, 6) is -2.06. The predicted molar refractivity (Wildman–Crippen MR) is 118 cm³/mol. The van der Waals surface area contributed by atoms with Crippen LogP contribution >= 0.6 is 0 Å². The number of nitrogens with zero attached hydrogens (tertiary/aromatic N) is 3. The number of H-pyrrole nitrogens is 1. The fourth-order valence-corrected chi connectivity index (χ4v) is 3.90. The Morgan fingerprint density at radius 1 is 1.12 bits per heavy atom. The summed E-state index contributed by atoms with van der Waals surface area (Å²) >= 11 is 0. The van der Waals surface area contributed by atoms with Crippen LogP contribution in [0.15, 0.2) is 0 Å². The van der Waals surface area contributed by atoms with Gasteiger partial charge in [-0.3, -0.25) is 23.9 Å². The highest BCUT2D eigenvalue weighted by Crippen LogP contribution is 2.17. The van der Waals surface area contributed by atoms with Crippen LogP contribution in [-0.2, 0) is 35.6 Å². The van der Waals surface area contributed by atoms with Crippen LogP contribution in [0.25, 0.3) is 0 Å². The number of hydrogen-bond acceptors (Lipinski definition) is 10. The maximum Gasteiger partial charge on any atom is 0.241 e. The first-order chi connectivity index (χ1) is 15.3. The first-order valence-electron chi connectivity index (χ1n) is 10.6. The van der Waals surface area contributed by atoms with Gasteiger partial charge in [0.2, 0.25) is 21.8 Å². The lowest BCUT2D eigenvalue weighted by atomic mass is 9.87. The van der Waals surface area contributed by atoms with E-state index in [4.69, 9.17) is 5.73 Å². The predicted octanol–water partition coefficient (Wildman–Crippen LogP) is -0.843. The van der Waals surface area contributed by atoms with Gasteiger partial charge in [-0.15, -0.1) is 10.2 Å². The standard InChI is InChI=1S/C19H33N7O6S/c1-13(27)14(11-15(28)19(2,3)20)7-4-5-9-21-17(29)8-6-10-33(31,32)24-18(30)12-16-22-25-26-23-16/h14H,4-12,20H2,1-3H3,(H,21,29)(H,24,30)(H,22,23,25,26)/t14-/m1/s1. The van der Waals surface area contributed by atoms with Crippen molar-refractivity contribution in [3.63, 3.8) is 0 Å². The van der Waals surface area contributed by atoms with Gasteiger partial charge in [-0.1, -0.05) is 11.6 Å². The van der Waals surface area contributed by atoms with E-state index < -0.39 is 27.4 Å². The lowest BCUT2D eigenvalue weighted by molar-refractivity contribution is -0.129. The SMILES string of the molecule is CC(=O)[C@H](CCCCNC(=O)CCCS(=O)(=O)NC(=O)Cc1nn[nH]n1)CC(=O)C(C)(C)N. The molecule has 0 radical (unpaired) electrons. The number of carbonyl (C=O) groups is 4. The molecule has 0 fully saturated rings. The van der Waals surface area contributed by atoms with Gasteiger partial charge in [0.25, 0.3) is 0 Å². The molecule has 33 heavy (non-hydrogen) atoms. The maximum absolute atomic E-state index is 12.0. The van der Waals surface area contributed by atoms with E-state index in [-0.39, 0.29) is 54.7 Å². The van der Waals surface area contributed by atoms with Crippen molar-refractivity contribution in [2.24, 2.45) is 11.7 Å². The van der Waals surface area contributed by atoms with Gasteiger partial charge in [0.1, 0.15) is 5.78 Å². The zero-order valence-electron chi connectivity index (χ0n) is 19.2. The minimum Gasteiger partial charge on any atom is -0.356 e. The Hall–Kier alpha value is -2.74. The number of unbranched alkanes of at least 4 members (excludes halogenated alkanes) is 1. The van der Waals surface area contributed by atoms with E-state index in [1.54, 1.807) is 13.8 Å². The van der Waals surface area contributed by atoms with Crippen LogP contribution in [0.3, 0.4) is 0 Å². The summed E-state index contributed by atoms with van der Waals surface area (Å²) < 4.78 is 25.7. The van der Waals surface area contributed by atoms with Gasteiger partial charge in [-0.05, 0) is 40.0 Å². The smallest absolute Gasteiger partial charge is 0.241 e. The van der Waals surface area contributed by atoms with Crippen LogP contribution in [0.4, 0.5) is 0 Å². The Kier molecular flexibility index (Phi) is 11.2. The molecule has 0 unspecified atom stereocenters. The molecule has 0 aliphatic rings. The number of nitrogens with one attached hydrogen (secondary N) is 3. The molecule has 1 atom stereocenters. The molecule has 14 heteroatoms. The molecule has 1 rings (SSSR count). The van der Waals surface area contributed by atoms with Crippen molar-refractivity contribution in [2.75, 3.05) is 12.3 Å². The van der Waals surface area contributed by atoms with Crippen molar-refractivity contribution in [3.05, 3.63) is 5.82 Å². The fraction of sp³-hybridized carbons (Fsp3) is 0.737. The molecule has 1 aromatic heterocycles. The van der Waals surface area contributed by atoms with Crippen molar-refractivity contribution in [2.45, 2.75) is 71.3 Å². The monoisotopic (exact) mass is 487 g/mol. The number of sulfonamides is 1. The Morgan fingerprint density at radius 2 is 1.82 bits per heavy atom. The second-order valence-corrected chi connectivity index (χ2v) is 10.3. The van der Waals surface area contributed by atoms with Crippen LogP contribution in [0.5, 0.6) is 0 Å². The molecular formula is C19H33N7O6S. The molecule has 0 aliphatic heterocycles. The molecule has 1 heterocycles. The fourth-order valence-electron chi connectivity index (χ4n) is 2.85. The largest absolute Gasteiger partial charge is 0.356 e. The molecule has 0 spiro atoms. The Morgan fingerprint density at radius 3 is 2.39 bits per heavy atom. The average Bonchev–Trinajstić information content (AvgIpc) is 3.17. The normalized spacial score (nSPS) is 12.7. The molecular weight excluding hydrogens is 454 g/mol. The van der Waals surface area contributed by atoms with E-state index in [1.807, 2.05) is 4.72 Å². The molecule has 0 saturated carbocycles. The van der Waals surface area contributed by atoms with Crippen LogP contribution in [-0.4, -0.2) is 70.3 Å². The van der Waals surface area contributed by atoms with Crippen LogP contribution in [0.2, 0.25) is 0 Å². The van der Waals surface area contributed by atoms with Crippen LogP contribution in [0, 0.1) is 5.92 Å². The Bertz CT molecular complexity index is 910. The van der Waals surface area contributed by atoms with Crippen molar-refractivity contribution in [1.29, 1.82) is 0 Å². The number of rotatable bonds is 16. The number of tetrazole rings is 1. The molecule has 0 bridgehead atoms. The minimum atomic E-state index is -3.88. The molecule has 5 N–H and O–H groups in total. The third-order valence-corrected chi connectivity index (χ3v) is 6.19. The summed E-state index contributed by atoms with van der Waals surface area (Å²) in [6, 6.07) is 0. The van der Waals surface area contributed by atoms with E-state index in [2.05, 4.69) is 25.9 Å². The molecule has 0 aromatic carbocycles. The van der Waals surface area contributed by atoms with Gasteiger partial charge < -0.3 is 11.1 Å². The van der Waals surface area contributed by atoms with Gasteiger partial charge in [0, 0.05) is 25.3 Å². The third kappa shape index (κ3) is 12.2. The Balaban J connectivity index is 2.22. The topological polar surface area (TPSA) is 207 Å². The summed E-state index contributed by atoms with van der Waals surface area (Å²) in [6.07, 6.45) is 1.57. The summed E-state index contributed by atoms with van der Waals surface area (Å²) in [5, 5.41) is 15.2. The van der Waals surface area contributed by atoms with E-state index in [0.29, 0.717) is 25.8 Å². The minimum absolute atomic E-state index is 0.0178. The third-order valence-electron chi connectivity index (χ3n) is 4.82. The number of amides is 2. The second kappa shape index (κ2) is 13.1. The quantitative estimate of drug-likeness (QED) is 0.212. The van der Waals surface area contributed by atoms with Gasteiger partial charge in [0.15, 0.2) is 11.6 Å². The van der Waals surface area contributed by atoms with E-state index in [1.165, 1.54) is 6.92 Å². The second-order valence-electron chi connectivity index (χ2n) is 8.45. The summed E-state index contributed by atoms with van der Waals surface area (Å²) in [5.41, 5.74) is 4.80. The number of carbonyl (C=O) groups excluding carboxylic acids is 4. The van der Waals surface area contributed by atoms with Crippen molar-refractivity contribution in [1.82, 2.24) is 30.7 Å².